The predicted octanol–water partition coefficient (Wildman–Crippen LogP) is 7.05. The lowest BCUT2D eigenvalue weighted by molar-refractivity contribution is -0.0298. The Morgan fingerprint density at radius 1 is 1.03 bits per heavy atom. The molecule has 1 N–H and O–H groups in total. The van der Waals surface area contributed by atoms with E-state index in [1.807, 2.05) is 47.2 Å². The van der Waals surface area contributed by atoms with E-state index in [2.05, 4.69) is 47.3 Å². The minimum Gasteiger partial charge on any atom is -0.473 e. The molecular weight excluding hydrogens is 476 g/mol. The summed E-state index contributed by atoms with van der Waals surface area (Å²) in [7, 11) is 0. The van der Waals surface area contributed by atoms with Crippen molar-refractivity contribution in [2.45, 2.75) is 58.3 Å². The maximum absolute atomic E-state index is 6.33. The average molecular weight is 509 g/mol. The van der Waals surface area contributed by atoms with Crippen molar-refractivity contribution in [1.82, 2.24) is 24.5 Å². The molecule has 1 saturated heterocycles. The zero-order chi connectivity index (χ0) is 25.9. The summed E-state index contributed by atoms with van der Waals surface area (Å²) < 4.78 is 14.4. The van der Waals surface area contributed by atoms with Gasteiger partial charge in [-0.2, -0.15) is 9.97 Å². The van der Waals surface area contributed by atoms with Crippen LogP contribution in [0.1, 0.15) is 52.2 Å². The summed E-state index contributed by atoms with van der Waals surface area (Å²) >= 11 is 0. The Hall–Kier alpha value is -4.04. The number of ether oxygens (including phenoxy) is 2. The van der Waals surface area contributed by atoms with Gasteiger partial charge < -0.3 is 14.8 Å². The second-order valence-electron chi connectivity index (χ2n) is 9.64. The molecule has 4 heterocycles. The molecule has 8 heteroatoms. The molecule has 0 bridgehead atoms. The number of pyridine rings is 1. The second kappa shape index (κ2) is 10.8. The quantitative estimate of drug-likeness (QED) is 0.240. The van der Waals surface area contributed by atoms with Crippen molar-refractivity contribution in [1.29, 1.82) is 0 Å². The Balaban J connectivity index is 1.41. The molecule has 1 fully saturated rings. The number of fused-ring (bicyclic) bond motifs is 2. The molecule has 38 heavy (non-hydrogen) atoms. The fourth-order valence-electron chi connectivity index (χ4n) is 5.02. The maximum Gasteiger partial charge on any atom is 0.247 e. The smallest absolute Gasteiger partial charge is 0.247 e. The second-order valence-corrected chi connectivity index (χ2v) is 9.64. The molecule has 0 aliphatic carbocycles. The van der Waals surface area contributed by atoms with Crippen LogP contribution in [0.5, 0.6) is 5.88 Å². The normalized spacial score (nSPS) is 15.8. The monoisotopic (exact) mass is 508 g/mol. The summed E-state index contributed by atoms with van der Waals surface area (Å²) in [4.78, 5) is 18.9. The van der Waals surface area contributed by atoms with E-state index in [1.165, 1.54) is 0 Å². The van der Waals surface area contributed by atoms with Crippen molar-refractivity contribution in [3.8, 4) is 17.0 Å². The molecule has 5 aromatic rings. The lowest BCUT2D eigenvalue weighted by Gasteiger charge is -2.24. The van der Waals surface area contributed by atoms with E-state index in [1.54, 1.807) is 6.33 Å². The van der Waals surface area contributed by atoms with Crippen molar-refractivity contribution in [3.05, 3.63) is 67.1 Å². The third-order valence-corrected chi connectivity index (χ3v) is 7.13. The van der Waals surface area contributed by atoms with Crippen LogP contribution in [0.2, 0.25) is 0 Å². The standard InChI is InChI=1S/C30H32N6O2/c1-3-22(4-2)38-29-27-28(36(19-32-27)26-12-8-9-17-37-26)34-30(35-29)33-21-13-14-25-24(18-21)23(15-16-31-25)20-10-6-5-7-11-20/h5-7,10-11,13-16,18-19,22,26H,3-4,8-9,12,17H2,1-2H3,(H,33,34,35). The van der Waals surface area contributed by atoms with Gasteiger partial charge in [0, 0.05) is 23.9 Å². The number of aromatic nitrogens is 5. The van der Waals surface area contributed by atoms with Crippen LogP contribution in [0.4, 0.5) is 11.6 Å². The summed E-state index contributed by atoms with van der Waals surface area (Å²) in [6, 6.07) is 18.5. The third kappa shape index (κ3) is 4.79. The summed E-state index contributed by atoms with van der Waals surface area (Å²) in [6.07, 6.45) is 8.52. The van der Waals surface area contributed by atoms with Crippen molar-refractivity contribution >= 4 is 33.7 Å². The fourth-order valence-corrected chi connectivity index (χ4v) is 5.02. The molecule has 0 spiro atoms. The number of benzene rings is 2. The number of anilines is 2. The minimum absolute atomic E-state index is 0.0530. The van der Waals surface area contributed by atoms with Crippen LogP contribution in [-0.2, 0) is 4.74 Å². The van der Waals surface area contributed by atoms with Crippen LogP contribution >= 0.6 is 0 Å². The lowest BCUT2D eigenvalue weighted by Crippen LogP contribution is -2.18. The van der Waals surface area contributed by atoms with Gasteiger partial charge in [-0.05, 0) is 67.5 Å². The Labute approximate surface area is 222 Å². The zero-order valence-electron chi connectivity index (χ0n) is 21.8. The molecule has 2 aromatic carbocycles. The van der Waals surface area contributed by atoms with Crippen LogP contribution in [0.15, 0.2) is 67.1 Å². The molecular formula is C30H32N6O2. The van der Waals surface area contributed by atoms with E-state index in [0.29, 0.717) is 23.0 Å². The summed E-state index contributed by atoms with van der Waals surface area (Å²) in [5.74, 6) is 0.953. The molecule has 0 saturated carbocycles. The van der Waals surface area contributed by atoms with Gasteiger partial charge in [0.1, 0.15) is 12.3 Å². The Morgan fingerprint density at radius 2 is 1.89 bits per heavy atom. The number of hydrogen-bond donors (Lipinski definition) is 1. The van der Waals surface area contributed by atoms with E-state index >= 15 is 0 Å². The number of nitrogens with zero attached hydrogens (tertiary/aromatic N) is 5. The van der Waals surface area contributed by atoms with Gasteiger partial charge in [0.15, 0.2) is 11.2 Å². The minimum atomic E-state index is -0.0855. The highest BCUT2D eigenvalue weighted by molar-refractivity contribution is 5.96. The molecule has 3 aromatic heterocycles. The molecule has 0 amide bonds. The first-order chi connectivity index (χ1) is 18.7. The van der Waals surface area contributed by atoms with E-state index in [-0.39, 0.29) is 12.3 Å². The average Bonchev–Trinajstić information content (AvgIpc) is 3.40. The van der Waals surface area contributed by atoms with Gasteiger partial charge >= 0.3 is 0 Å². The van der Waals surface area contributed by atoms with Crippen molar-refractivity contribution < 1.29 is 9.47 Å². The van der Waals surface area contributed by atoms with Crippen molar-refractivity contribution in [2.75, 3.05) is 11.9 Å². The Morgan fingerprint density at radius 3 is 2.68 bits per heavy atom. The van der Waals surface area contributed by atoms with Gasteiger partial charge in [0.2, 0.25) is 11.8 Å². The van der Waals surface area contributed by atoms with Crippen LogP contribution in [0.25, 0.3) is 33.2 Å². The molecule has 194 valence electrons. The van der Waals surface area contributed by atoms with E-state index in [9.17, 15) is 0 Å². The van der Waals surface area contributed by atoms with E-state index in [4.69, 9.17) is 19.4 Å². The number of nitrogens with one attached hydrogen (secondary N) is 1. The molecule has 0 radical (unpaired) electrons. The molecule has 8 nitrogen and oxygen atoms in total. The number of imidazole rings is 1. The summed E-state index contributed by atoms with van der Waals surface area (Å²) in [6.45, 7) is 4.98. The first-order valence-electron chi connectivity index (χ1n) is 13.5. The topological polar surface area (TPSA) is 87.0 Å². The number of hydrogen-bond acceptors (Lipinski definition) is 7. The van der Waals surface area contributed by atoms with Gasteiger partial charge in [-0.25, -0.2) is 4.98 Å². The fraction of sp³-hybridized carbons (Fsp3) is 0.333. The van der Waals surface area contributed by atoms with Crippen molar-refractivity contribution in [2.24, 2.45) is 0 Å². The summed E-state index contributed by atoms with van der Waals surface area (Å²) in [5, 5.41) is 4.48. The predicted molar refractivity (Wildman–Crippen MR) is 150 cm³/mol. The third-order valence-electron chi connectivity index (χ3n) is 7.13. The highest BCUT2D eigenvalue weighted by atomic mass is 16.5. The van der Waals surface area contributed by atoms with Crippen molar-refractivity contribution in [3.63, 3.8) is 0 Å². The Kier molecular flexibility index (Phi) is 6.88. The van der Waals surface area contributed by atoms with Gasteiger partial charge in [-0.1, -0.05) is 44.2 Å². The van der Waals surface area contributed by atoms with Crippen LogP contribution < -0.4 is 10.1 Å². The largest absolute Gasteiger partial charge is 0.473 e. The summed E-state index contributed by atoms with van der Waals surface area (Å²) in [5.41, 5.74) is 5.44. The molecule has 1 aliphatic rings. The number of rotatable bonds is 8. The van der Waals surface area contributed by atoms with E-state index in [0.717, 1.165) is 66.4 Å². The maximum atomic E-state index is 6.33. The first kappa shape index (κ1) is 24.3. The van der Waals surface area contributed by atoms with Crippen LogP contribution in [0, 0.1) is 0 Å². The van der Waals surface area contributed by atoms with Gasteiger partial charge in [0.25, 0.3) is 0 Å². The van der Waals surface area contributed by atoms with Crippen LogP contribution in [-0.4, -0.2) is 37.2 Å². The zero-order valence-corrected chi connectivity index (χ0v) is 21.8. The van der Waals surface area contributed by atoms with Crippen LogP contribution in [0.3, 0.4) is 0 Å². The molecule has 1 unspecified atom stereocenters. The van der Waals surface area contributed by atoms with Gasteiger partial charge in [-0.15, -0.1) is 0 Å². The van der Waals surface area contributed by atoms with Gasteiger partial charge in [0.05, 0.1) is 11.8 Å². The lowest BCUT2D eigenvalue weighted by atomic mass is 10.0. The molecule has 1 atom stereocenters. The Bertz CT molecular complexity index is 1540. The van der Waals surface area contributed by atoms with Gasteiger partial charge in [-0.3, -0.25) is 9.55 Å². The highest BCUT2D eigenvalue weighted by Crippen LogP contribution is 2.33. The SMILES string of the molecule is CCC(CC)Oc1nc(Nc2ccc3nccc(-c4ccccc4)c3c2)nc2c1ncn2C1CCCCO1. The van der Waals surface area contributed by atoms with E-state index < -0.39 is 0 Å². The highest BCUT2D eigenvalue weighted by Gasteiger charge is 2.23. The molecule has 6 rings (SSSR count). The molecule has 1 aliphatic heterocycles. The first-order valence-corrected chi connectivity index (χ1v) is 13.5.